The van der Waals surface area contributed by atoms with E-state index in [9.17, 15) is 13.6 Å². The molecule has 0 radical (unpaired) electrons. The van der Waals surface area contributed by atoms with E-state index in [1.165, 1.54) is 0 Å². The summed E-state index contributed by atoms with van der Waals surface area (Å²) in [6.07, 6.45) is -1.98. The third-order valence-electron chi connectivity index (χ3n) is 1.95. The van der Waals surface area contributed by atoms with Gasteiger partial charge < -0.3 is 5.11 Å². The zero-order valence-electron chi connectivity index (χ0n) is 7.88. The lowest BCUT2D eigenvalue weighted by Gasteiger charge is -2.11. The van der Waals surface area contributed by atoms with Crippen LogP contribution in [0.3, 0.4) is 0 Å². The van der Waals surface area contributed by atoms with Crippen molar-refractivity contribution in [2.75, 3.05) is 0 Å². The van der Waals surface area contributed by atoms with Gasteiger partial charge in [-0.1, -0.05) is 0 Å². The van der Waals surface area contributed by atoms with E-state index in [-0.39, 0.29) is 23.4 Å². The van der Waals surface area contributed by atoms with Gasteiger partial charge in [-0.15, -0.1) is 11.6 Å². The Kier molecular flexibility index (Phi) is 4.61. The van der Waals surface area contributed by atoms with Crippen molar-refractivity contribution >= 4 is 33.5 Å². The standard InChI is InChI=1S/C9H7BrClF2NO2/c10-6-3-14-8(9(12)13)5(2-11)4(6)1-7(15)16/h3,9H,1-2H2,(H,15,16). The summed E-state index contributed by atoms with van der Waals surface area (Å²) in [4.78, 5) is 14.1. The van der Waals surface area contributed by atoms with Crippen molar-refractivity contribution in [3.8, 4) is 0 Å². The minimum Gasteiger partial charge on any atom is -0.481 e. The van der Waals surface area contributed by atoms with Gasteiger partial charge in [0.25, 0.3) is 6.43 Å². The summed E-state index contributed by atoms with van der Waals surface area (Å²) < 4.78 is 25.5. The molecule has 3 nitrogen and oxygen atoms in total. The number of aliphatic carboxylic acids is 1. The largest absolute Gasteiger partial charge is 0.481 e. The molecule has 1 rings (SSSR count). The number of hydrogen-bond acceptors (Lipinski definition) is 2. The number of hydrogen-bond donors (Lipinski definition) is 1. The molecule has 0 saturated heterocycles. The van der Waals surface area contributed by atoms with E-state index in [0.717, 1.165) is 6.20 Å². The molecule has 1 aromatic heterocycles. The Morgan fingerprint density at radius 1 is 1.56 bits per heavy atom. The normalized spacial score (nSPS) is 10.8. The first-order valence-corrected chi connectivity index (χ1v) is 5.52. The average Bonchev–Trinajstić information content (AvgIpc) is 2.19. The maximum absolute atomic E-state index is 12.6. The second kappa shape index (κ2) is 5.54. The van der Waals surface area contributed by atoms with Crippen LogP contribution in [0.15, 0.2) is 10.7 Å². The number of rotatable bonds is 4. The molecular weight excluding hydrogens is 307 g/mol. The molecule has 7 heteroatoms. The van der Waals surface area contributed by atoms with Crippen molar-refractivity contribution in [2.24, 2.45) is 0 Å². The fourth-order valence-electron chi connectivity index (χ4n) is 1.26. The number of carbonyl (C=O) groups is 1. The molecule has 0 fully saturated rings. The van der Waals surface area contributed by atoms with Crippen molar-refractivity contribution in [1.29, 1.82) is 0 Å². The zero-order valence-corrected chi connectivity index (χ0v) is 10.2. The highest BCUT2D eigenvalue weighted by Gasteiger charge is 2.20. The van der Waals surface area contributed by atoms with Crippen LogP contribution >= 0.6 is 27.5 Å². The molecule has 0 saturated carbocycles. The van der Waals surface area contributed by atoms with Crippen LogP contribution in [0.4, 0.5) is 8.78 Å². The van der Waals surface area contributed by atoms with Crippen LogP contribution in [0.1, 0.15) is 23.2 Å². The molecule has 0 bridgehead atoms. The van der Waals surface area contributed by atoms with E-state index >= 15 is 0 Å². The molecule has 0 unspecified atom stereocenters. The molecular formula is C9H7BrClF2NO2. The molecule has 0 aliphatic heterocycles. The number of halogens is 4. The van der Waals surface area contributed by atoms with Crippen molar-refractivity contribution in [3.05, 3.63) is 27.5 Å². The summed E-state index contributed by atoms with van der Waals surface area (Å²) in [6.45, 7) is 0. The summed E-state index contributed by atoms with van der Waals surface area (Å²) in [5.41, 5.74) is -0.143. The van der Waals surface area contributed by atoms with Crippen LogP contribution < -0.4 is 0 Å². The van der Waals surface area contributed by atoms with Gasteiger partial charge >= 0.3 is 5.97 Å². The molecule has 0 aliphatic carbocycles. The minimum absolute atomic E-state index is 0.0773. The first-order chi connectivity index (χ1) is 7.47. The van der Waals surface area contributed by atoms with Gasteiger partial charge in [0.15, 0.2) is 0 Å². The van der Waals surface area contributed by atoms with Crippen LogP contribution in [0.25, 0.3) is 0 Å². The number of carboxylic acids is 1. The number of nitrogens with zero attached hydrogens (tertiary/aromatic N) is 1. The zero-order chi connectivity index (χ0) is 12.3. The highest BCUT2D eigenvalue weighted by Crippen LogP contribution is 2.29. The Morgan fingerprint density at radius 2 is 2.19 bits per heavy atom. The Bertz CT molecular complexity index is 415. The van der Waals surface area contributed by atoms with Crippen molar-refractivity contribution in [2.45, 2.75) is 18.7 Å². The van der Waals surface area contributed by atoms with Crippen LogP contribution in [0, 0.1) is 0 Å². The highest BCUT2D eigenvalue weighted by atomic mass is 79.9. The Labute approximate surface area is 104 Å². The second-order valence-electron chi connectivity index (χ2n) is 2.95. The van der Waals surface area contributed by atoms with Gasteiger partial charge in [-0.2, -0.15) is 0 Å². The first-order valence-electron chi connectivity index (χ1n) is 4.19. The van der Waals surface area contributed by atoms with E-state index in [1.807, 2.05) is 0 Å². The molecule has 16 heavy (non-hydrogen) atoms. The predicted octanol–water partition coefficient (Wildman–Crippen LogP) is 3.15. The Balaban J connectivity index is 3.32. The van der Waals surface area contributed by atoms with Gasteiger partial charge in [-0.25, -0.2) is 8.78 Å². The van der Waals surface area contributed by atoms with Gasteiger partial charge in [0.05, 0.1) is 6.42 Å². The smallest absolute Gasteiger partial charge is 0.307 e. The lowest BCUT2D eigenvalue weighted by Crippen LogP contribution is -2.08. The van der Waals surface area contributed by atoms with Crippen molar-refractivity contribution < 1.29 is 18.7 Å². The summed E-state index contributed by atoms with van der Waals surface area (Å²) in [5.74, 6) is -1.31. The van der Waals surface area contributed by atoms with Gasteiger partial charge in [0, 0.05) is 16.5 Å². The molecule has 1 N–H and O–H groups in total. The number of alkyl halides is 3. The maximum atomic E-state index is 12.6. The summed E-state index contributed by atoms with van der Waals surface area (Å²) >= 11 is 8.62. The summed E-state index contributed by atoms with van der Waals surface area (Å²) in [6, 6.07) is 0. The molecule has 1 aromatic rings. The van der Waals surface area contributed by atoms with Crippen LogP contribution in [-0.2, 0) is 17.1 Å². The van der Waals surface area contributed by atoms with Gasteiger partial charge in [-0.05, 0) is 27.1 Å². The van der Waals surface area contributed by atoms with Gasteiger partial charge in [0.1, 0.15) is 5.69 Å². The van der Waals surface area contributed by atoms with Crippen molar-refractivity contribution in [3.63, 3.8) is 0 Å². The van der Waals surface area contributed by atoms with E-state index < -0.39 is 18.1 Å². The third kappa shape index (κ3) is 2.89. The Hall–Kier alpha value is -0.750. The quantitative estimate of drug-likeness (QED) is 0.869. The SMILES string of the molecule is O=C(O)Cc1c(Br)cnc(C(F)F)c1CCl. The fraction of sp³-hybridized carbons (Fsp3) is 0.333. The second-order valence-corrected chi connectivity index (χ2v) is 4.07. The third-order valence-corrected chi connectivity index (χ3v) is 2.90. The molecule has 88 valence electrons. The summed E-state index contributed by atoms with van der Waals surface area (Å²) in [5, 5.41) is 8.67. The lowest BCUT2D eigenvalue weighted by atomic mass is 10.1. The summed E-state index contributed by atoms with van der Waals surface area (Å²) in [7, 11) is 0. The fourth-order valence-corrected chi connectivity index (χ4v) is 2.04. The molecule has 0 aromatic carbocycles. The minimum atomic E-state index is -2.77. The van der Waals surface area contributed by atoms with E-state index in [4.69, 9.17) is 16.7 Å². The van der Waals surface area contributed by atoms with Crippen LogP contribution in [-0.4, -0.2) is 16.1 Å². The van der Waals surface area contributed by atoms with E-state index in [1.54, 1.807) is 0 Å². The maximum Gasteiger partial charge on any atom is 0.307 e. The van der Waals surface area contributed by atoms with Crippen LogP contribution in [0.5, 0.6) is 0 Å². The van der Waals surface area contributed by atoms with E-state index in [0.29, 0.717) is 4.47 Å². The topological polar surface area (TPSA) is 50.2 Å². The molecule has 0 amide bonds. The Morgan fingerprint density at radius 3 is 2.62 bits per heavy atom. The van der Waals surface area contributed by atoms with E-state index in [2.05, 4.69) is 20.9 Å². The molecule has 0 aliphatic rings. The lowest BCUT2D eigenvalue weighted by molar-refractivity contribution is -0.136. The van der Waals surface area contributed by atoms with Crippen LogP contribution in [0.2, 0.25) is 0 Å². The highest BCUT2D eigenvalue weighted by molar-refractivity contribution is 9.10. The number of aromatic nitrogens is 1. The molecule has 1 heterocycles. The first kappa shape index (κ1) is 13.3. The van der Waals surface area contributed by atoms with Crippen molar-refractivity contribution in [1.82, 2.24) is 4.98 Å². The number of pyridine rings is 1. The molecule has 0 spiro atoms. The number of carboxylic acid groups (broad SMARTS) is 1. The monoisotopic (exact) mass is 313 g/mol. The van der Waals surface area contributed by atoms with Gasteiger partial charge in [-0.3, -0.25) is 9.78 Å². The average molecular weight is 315 g/mol. The van der Waals surface area contributed by atoms with Gasteiger partial charge in [0.2, 0.25) is 0 Å². The molecule has 0 atom stereocenters. The predicted molar refractivity (Wildman–Crippen MR) is 57.8 cm³/mol.